The Morgan fingerprint density at radius 3 is 2.94 bits per heavy atom. The molecule has 0 radical (unpaired) electrons. The fraction of sp³-hybridized carbons (Fsp3) is 0.500. The molecule has 0 bridgehead atoms. The van der Waals surface area contributed by atoms with Gasteiger partial charge in [0.1, 0.15) is 5.75 Å². The molecule has 1 aromatic carbocycles. The Balaban J connectivity index is 2.34. The quantitative estimate of drug-likeness (QED) is 0.853. The number of benzene rings is 1. The fourth-order valence-corrected chi connectivity index (χ4v) is 2.04. The van der Waals surface area contributed by atoms with Crippen molar-refractivity contribution in [3.63, 3.8) is 0 Å². The highest BCUT2D eigenvalue weighted by Gasteiger charge is 2.27. The summed E-state index contributed by atoms with van der Waals surface area (Å²) in [6.45, 7) is 2.92. The first-order chi connectivity index (χ1) is 7.74. The minimum absolute atomic E-state index is 0.513. The van der Waals surface area contributed by atoms with E-state index in [9.17, 15) is 8.78 Å². The van der Waals surface area contributed by atoms with Crippen LogP contribution in [0.25, 0.3) is 0 Å². The SMILES string of the molecule is CCNC(c1cccc2c1OCC2)C(F)F. The zero-order valence-electron chi connectivity index (χ0n) is 9.17. The highest BCUT2D eigenvalue weighted by atomic mass is 19.3. The maximum absolute atomic E-state index is 12.9. The highest BCUT2D eigenvalue weighted by Crippen LogP contribution is 2.35. The minimum atomic E-state index is -2.42. The lowest BCUT2D eigenvalue weighted by Crippen LogP contribution is -2.27. The van der Waals surface area contributed by atoms with Crippen LogP contribution in [0.3, 0.4) is 0 Å². The third-order valence-corrected chi connectivity index (χ3v) is 2.76. The third kappa shape index (κ3) is 2.02. The molecule has 1 heterocycles. The average Bonchev–Trinajstić information content (AvgIpc) is 2.73. The van der Waals surface area contributed by atoms with Crippen LogP contribution in [0.4, 0.5) is 8.78 Å². The summed E-state index contributed by atoms with van der Waals surface area (Å²) in [5.41, 5.74) is 1.60. The molecule has 0 saturated heterocycles. The summed E-state index contributed by atoms with van der Waals surface area (Å²) in [7, 11) is 0. The zero-order valence-corrected chi connectivity index (χ0v) is 9.17. The Morgan fingerprint density at radius 1 is 1.44 bits per heavy atom. The molecule has 1 atom stereocenters. The molecule has 1 aliphatic rings. The molecule has 2 rings (SSSR count). The van der Waals surface area contributed by atoms with Gasteiger partial charge in [0.25, 0.3) is 6.43 Å². The molecule has 2 nitrogen and oxygen atoms in total. The molecular weight excluding hydrogens is 212 g/mol. The van der Waals surface area contributed by atoms with E-state index < -0.39 is 12.5 Å². The van der Waals surface area contributed by atoms with Crippen molar-refractivity contribution < 1.29 is 13.5 Å². The summed E-state index contributed by atoms with van der Waals surface area (Å²) in [5, 5.41) is 2.80. The highest BCUT2D eigenvalue weighted by molar-refractivity contribution is 5.45. The molecule has 1 aromatic rings. The van der Waals surface area contributed by atoms with Gasteiger partial charge in [0, 0.05) is 12.0 Å². The predicted octanol–water partition coefficient (Wildman–Crippen LogP) is 2.54. The van der Waals surface area contributed by atoms with Gasteiger partial charge in [-0.3, -0.25) is 0 Å². The summed E-state index contributed by atoms with van der Waals surface area (Å²) in [6.07, 6.45) is -1.61. The van der Waals surface area contributed by atoms with Crippen molar-refractivity contribution in [1.29, 1.82) is 0 Å². The maximum Gasteiger partial charge on any atom is 0.257 e. The number of alkyl halides is 2. The van der Waals surface area contributed by atoms with Crippen molar-refractivity contribution in [1.82, 2.24) is 5.32 Å². The first kappa shape index (κ1) is 11.3. The van der Waals surface area contributed by atoms with E-state index in [0.29, 0.717) is 24.5 Å². The van der Waals surface area contributed by atoms with Crippen LogP contribution in [0.15, 0.2) is 18.2 Å². The minimum Gasteiger partial charge on any atom is -0.493 e. The average molecular weight is 227 g/mol. The van der Waals surface area contributed by atoms with Crippen LogP contribution in [-0.4, -0.2) is 19.6 Å². The Kier molecular flexibility index (Phi) is 3.39. The van der Waals surface area contributed by atoms with Crippen LogP contribution < -0.4 is 10.1 Å². The summed E-state index contributed by atoms with van der Waals surface area (Å²) in [5.74, 6) is 0.647. The van der Waals surface area contributed by atoms with E-state index in [4.69, 9.17) is 4.74 Å². The molecule has 1 N–H and O–H groups in total. The number of fused-ring (bicyclic) bond motifs is 1. The number of ether oxygens (including phenoxy) is 1. The molecule has 0 spiro atoms. The topological polar surface area (TPSA) is 21.3 Å². The number of halogens is 2. The van der Waals surface area contributed by atoms with Gasteiger partial charge in [-0.05, 0) is 12.1 Å². The van der Waals surface area contributed by atoms with Crippen LogP contribution >= 0.6 is 0 Å². The predicted molar refractivity (Wildman–Crippen MR) is 58.1 cm³/mol. The maximum atomic E-state index is 12.9. The third-order valence-electron chi connectivity index (χ3n) is 2.76. The van der Waals surface area contributed by atoms with E-state index in [1.54, 1.807) is 6.07 Å². The number of hydrogen-bond donors (Lipinski definition) is 1. The van der Waals surface area contributed by atoms with Crippen molar-refractivity contribution in [2.75, 3.05) is 13.2 Å². The van der Waals surface area contributed by atoms with Crippen molar-refractivity contribution in [3.8, 4) is 5.75 Å². The van der Waals surface area contributed by atoms with Gasteiger partial charge in [0.15, 0.2) is 0 Å². The second-order valence-electron chi connectivity index (χ2n) is 3.80. The van der Waals surface area contributed by atoms with E-state index in [2.05, 4.69) is 5.32 Å². The largest absolute Gasteiger partial charge is 0.493 e. The summed E-state index contributed by atoms with van der Waals surface area (Å²) < 4.78 is 31.3. The van der Waals surface area contributed by atoms with E-state index in [0.717, 1.165) is 12.0 Å². The Morgan fingerprint density at radius 2 is 2.25 bits per heavy atom. The van der Waals surface area contributed by atoms with E-state index >= 15 is 0 Å². The summed E-state index contributed by atoms with van der Waals surface area (Å²) in [6, 6.07) is 4.53. The zero-order chi connectivity index (χ0) is 11.5. The van der Waals surface area contributed by atoms with Gasteiger partial charge in [-0.2, -0.15) is 0 Å². The molecule has 0 amide bonds. The second-order valence-corrected chi connectivity index (χ2v) is 3.80. The molecule has 0 aromatic heterocycles. The lowest BCUT2D eigenvalue weighted by Gasteiger charge is -2.19. The molecule has 1 unspecified atom stereocenters. The summed E-state index contributed by atoms with van der Waals surface area (Å²) in [4.78, 5) is 0. The number of nitrogens with one attached hydrogen (secondary N) is 1. The van der Waals surface area contributed by atoms with Crippen LogP contribution in [0, 0.1) is 0 Å². The van der Waals surface area contributed by atoms with Crippen LogP contribution in [-0.2, 0) is 6.42 Å². The van der Waals surface area contributed by atoms with Gasteiger partial charge < -0.3 is 10.1 Å². The van der Waals surface area contributed by atoms with Gasteiger partial charge in [0.2, 0.25) is 0 Å². The molecule has 4 heteroatoms. The summed E-state index contributed by atoms with van der Waals surface area (Å²) >= 11 is 0. The lowest BCUT2D eigenvalue weighted by atomic mass is 10.0. The number of rotatable bonds is 4. The Bertz CT molecular complexity index is 368. The molecule has 0 saturated carbocycles. The second kappa shape index (κ2) is 4.78. The Labute approximate surface area is 93.6 Å². The van der Waals surface area contributed by atoms with Gasteiger partial charge in [-0.25, -0.2) is 8.78 Å². The van der Waals surface area contributed by atoms with Crippen LogP contribution in [0.2, 0.25) is 0 Å². The first-order valence-corrected chi connectivity index (χ1v) is 5.50. The normalized spacial score (nSPS) is 16.0. The first-order valence-electron chi connectivity index (χ1n) is 5.50. The fourth-order valence-electron chi connectivity index (χ4n) is 2.04. The van der Waals surface area contributed by atoms with E-state index in [1.165, 1.54) is 0 Å². The van der Waals surface area contributed by atoms with Gasteiger partial charge in [0.05, 0.1) is 12.6 Å². The van der Waals surface area contributed by atoms with Gasteiger partial charge >= 0.3 is 0 Å². The van der Waals surface area contributed by atoms with Crippen molar-refractivity contribution >= 4 is 0 Å². The van der Waals surface area contributed by atoms with E-state index in [-0.39, 0.29) is 0 Å². The standard InChI is InChI=1S/C12H15F2NO/c1-2-15-10(12(13)14)9-5-3-4-8-6-7-16-11(8)9/h3-5,10,12,15H,2,6-7H2,1H3. The molecule has 1 aliphatic heterocycles. The van der Waals surface area contributed by atoms with Crippen molar-refractivity contribution in [2.45, 2.75) is 25.8 Å². The molecule has 0 fully saturated rings. The lowest BCUT2D eigenvalue weighted by molar-refractivity contribution is 0.0979. The Hall–Kier alpha value is -1.16. The van der Waals surface area contributed by atoms with Crippen LogP contribution in [0.5, 0.6) is 5.75 Å². The molecule has 0 aliphatic carbocycles. The van der Waals surface area contributed by atoms with Crippen molar-refractivity contribution in [3.05, 3.63) is 29.3 Å². The smallest absolute Gasteiger partial charge is 0.257 e. The molecule has 88 valence electrons. The number of para-hydroxylation sites is 1. The van der Waals surface area contributed by atoms with Gasteiger partial charge in [-0.15, -0.1) is 0 Å². The molecule has 16 heavy (non-hydrogen) atoms. The van der Waals surface area contributed by atoms with E-state index in [1.807, 2.05) is 19.1 Å². The van der Waals surface area contributed by atoms with Gasteiger partial charge in [-0.1, -0.05) is 25.1 Å². The van der Waals surface area contributed by atoms with Crippen molar-refractivity contribution in [2.24, 2.45) is 0 Å². The molecular formula is C12H15F2NO. The van der Waals surface area contributed by atoms with Crippen LogP contribution in [0.1, 0.15) is 24.1 Å². The number of hydrogen-bond acceptors (Lipinski definition) is 2. The monoisotopic (exact) mass is 227 g/mol.